The molecule has 1 rings (SSSR count). The van der Waals surface area contributed by atoms with Crippen molar-refractivity contribution in [2.24, 2.45) is 10.8 Å². The molecule has 0 bridgehead atoms. The van der Waals surface area contributed by atoms with E-state index in [2.05, 4.69) is 58.0 Å². The molecule has 0 saturated carbocycles. The lowest BCUT2D eigenvalue weighted by Gasteiger charge is -2.15. The molecule has 0 aromatic heterocycles. The second-order valence-electron chi connectivity index (χ2n) is 5.97. The first kappa shape index (κ1) is 17.0. The van der Waals surface area contributed by atoms with Gasteiger partial charge in [-0.25, -0.2) is 0 Å². The zero-order valence-electron chi connectivity index (χ0n) is 13.7. The highest BCUT2D eigenvalue weighted by Gasteiger charge is 2.16. The fraction of sp³-hybridized carbons (Fsp3) is 0.611. The van der Waals surface area contributed by atoms with E-state index in [1.165, 1.54) is 49.6 Å². The first-order chi connectivity index (χ1) is 9.69. The van der Waals surface area contributed by atoms with Gasteiger partial charge in [0.1, 0.15) is 0 Å². The third-order valence-corrected chi connectivity index (χ3v) is 3.72. The Morgan fingerprint density at radius 2 is 1.55 bits per heavy atom. The Balaban J connectivity index is 2.89. The smallest absolute Gasteiger partial charge is 0.279 e. The van der Waals surface area contributed by atoms with E-state index in [0.29, 0.717) is 12.8 Å². The van der Waals surface area contributed by atoms with Gasteiger partial charge in [-0.1, -0.05) is 96.4 Å². The summed E-state index contributed by atoms with van der Waals surface area (Å²) in [4.78, 5) is 5.14. The van der Waals surface area contributed by atoms with Crippen LogP contribution < -0.4 is 0 Å². The molecule has 0 spiro atoms. The van der Waals surface area contributed by atoms with Crippen LogP contribution in [0.5, 0.6) is 0 Å². The molecule has 0 heterocycles. The van der Waals surface area contributed by atoms with E-state index in [1.54, 1.807) is 0 Å². The predicted molar refractivity (Wildman–Crippen MR) is 93.0 cm³/mol. The molecule has 1 nitrogen and oxygen atoms in total. The Labute approximate surface area is 126 Å². The van der Waals surface area contributed by atoms with Crippen molar-refractivity contribution in [3.05, 3.63) is 35.9 Å². The molecule has 0 aliphatic carbocycles. The highest BCUT2D eigenvalue weighted by Crippen LogP contribution is 2.16. The predicted octanol–water partition coefficient (Wildman–Crippen LogP) is 5.72. The number of nitrogens with zero attached hydrogens (tertiary/aromatic N) is 1. The van der Waals surface area contributed by atoms with E-state index in [-0.39, 0.29) is 0 Å². The first-order valence-corrected chi connectivity index (χ1v) is 8.32. The summed E-state index contributed by atoms with van der Waals surface area (Å²) in [6.07, 6.45) is 7.58. The molecule has 1 aromatic rings. The molecular weight excluding hydrogens is 241 g/mol. The van der Waals surface area contributed by atoms with Crippen LogP contribution in [0.25, 0.3) is 0 Å². The number of benzene rings is 1. The summed E-state index contributed by atoms with van der Waals surface area (Å²) in [6.45, 7) is 9.54. The summed E-state index contributed by atoms with van der Waals surface area (Å²) in [7, 11) is 0. The normalized spacial score (nSPS) is 11.9. The summed E-state index contributed by atoms with van der Waals surface area (Å²) in [5, 5.41) is 0. The van der Waals surface area contributed by atoms with Gasteiger partial charge in [0.25, 0.3) is 6.85 Å². The standard InChI is InChI=1S/C18H30BN/c1-5-7-14-19(15-8-6-2)20-18(16(3)4)17-12-10-9-11-13-17/h9-13,16H,5-8,14-15H2,1-4H3. The van der Waals surface area contributed by atoms with E-state index >= 15 is 0 Å². The molecule has 0 aliphatic rings. The second-order valence-corrected chi connectivity index (χ2v) is 5.97. The van der Waals surface area contributed by atoms with E-state index in [1.807, 2.05) is 0 Å². The highest BCUT2D eigenvalue weighted by molar-refractivity contribution is 6.58. The van der Waals surface area contributed by atoms with Crippen molar-refractivity contribution in [3.8, 4) is 0 Å². The van der Waals surface area contributed by atoms with Crippen LogP contribution in [0.15, 0.2) is 35.2 Å². The molecule has 2 heteroatoms. The first-order valence-electron chi connectivity index (χ1n) is 8.32. The van der Waals surface area contributed by atoms with E-state index in [0.717, 1.165) is 0 Å². The van der Waals surface area contributed by atoms with E-state index < -0.39 is 0 Å². The largest absolute Gasteiger partial charge is 0.345 e. The van der Waals surface area contributed by atoms with Crippen molar-refractivity contribution in [2.75, 3.05) is 0 Å². The molecule has 0 fully saturated rings. The zero-order valence-corrected chi connectivity index (χ0v) is 13.7. The van der Waals surface area contributed by atoms with Crippen molar-refractivity contribution in [1.82, 2.24) is 0 Å². The van der Waals surface area contributed by atoms with Gasteiger partial charge in [0, 0.05) is 5.71 Å². The third kappa shape index (κ3) is 5.94. The minimum atomic E-state index is 0.489. The van der Waals surface area contributed by atoms with Crippen molar-refractivity contribution < 1.29 is 0 Å². The summed E-state index contributed by atoms with van der Waals surface area (Å²) in [5.74, 6) is 0.489. The molecule has 0 amide bonds. The van der Waals surface area contributed by atoms with Gasteiger partial charge < -0.3 is 4.90 Å². The van der Waals surface area contributed by atoms with Crippen LogP contribution in [0.2, 0.25) is 12.6 Å². The lowest BCUT2D eigenvalue weighted by molar-refractivity contribution is 0.836. The third-order valence-electron chi connectivity index (χ3n) is 3.72. The Morgan fingerprint density at radius 1 is 1.00 bits per heavy atom. The minimum Gasteiger partial charge on any atom is -0.345 e. The molecule has 0 radical (unpaired) electrons. The van der Waals surface area contributed by atoms with E-state index in [4.69, 9.17) is 4.90 Å². The second kappa shape index (κ2) is 9.80. The Kier molecular flexibility index (Phi) is 8.33. The van der Waals surface area contributed by atoms with Gasteiger partial charge in [-0.3, -0.25) is 0 Å². The molecule has 110 valence electrons. The highest BCUT2D eigenvalue weighted by atomic mass is 14.7. The van der Waals surface area contributed by atoms with Crippen LogP contribution in [0, 0.1) is 5.92 Å². The average molecular weight is 271 g/mol. The molecule has 0 unspecified atom stereocenters. The van der Waals surface area contributed by atoms with Gasteiger partial charge >= 0.3 is 0 Å². The van der Waals surface area contributed by atoms with Crippen molar-refractivity contribution in [3.63, 3.8) is 0 Å². The number of rotatable bonds is 9. The maximum Gasteiger partial charge on any atom is 0.279 e. The van der Waals surface area contributed by atoms with Gasteiger partial charge in [-0.2, -0.15) is 0 Å². The molecule has 0 saturated heterocycles. The van der Waals surface area contributed by atoms with Crippen LogP contribution in [-0.4, -0.2) is 12.6 Å². The van der Waals surface area contributed by atoms with Crippen LogP contribution in [0.4, 0.5) is 0 Å². The van der Waals surface area contributed by atoms with Crippen LogP contribution in [0.3, 0.4) is 0 Å². The summed E-state index contributed by atoms with van der Waals surface area (Å²) in [5.41, 5.74) is 2.57. The lowest BCUT2D eigenvalue weighted by Crippen LogP contribution is -2.18. The van der Waals surface area contributed by atoms with Gasteiger partial charge in [-0.05, 0) is 11.5 Å². The molecule has 0 N–H and O–H groups in total. The maximum atomic E-state index is 5.14. The minimum absolute atomic E-state index is 0.489. The number of hydrogen-bond acceptors (Lipinski definition) is 1. The zero-order chi connectivity index (χ0) is 14.8. The Morgan fingerprint density at radius 3 is 2.00 bits per heavy atom. The summed E-state index contributed by atoms with van der Waals surface area (Å²) >= 11 is 0. The lowest BCUT2D eigenvalue weighted by atomic mass is 9.55. The average Bonchev–Trinajstić information content (AvgIpc) is 2.47. The molecule has 0 atom stereocenters. The van der Waals surface area contributed by atoms with Crippen molar-refractivity contribution in [1.29, 1.82) is 0 Å². The molecular formula is C18H30BN. The monoisotopic (exact) mass is 271 g/mol. The fourth-order valence-electron chi connectivity index (χ4n) is 2.52. The van der Waals surface area contributed by atoms with Gasteiger partial charge in [0.05, 0.1) is 0 Å². The van der Waals surface area contributed by atoms with Crippen LogP contribution >= 0.6 is 0 Å². The quantitative estimate of drug-likeness (QED) is 0.402. The molecule has 20 heavy (non-hydrogen) atoms. The Bertz CT molecular complexity index is 376. The molecule has 1 aromatic carbocycles. The van der Waals surface area contributed by atoms with Gasteiger partial charge in [0.15, 0.2) is 0 Å². The van der Waals surface area contributed by atoms with Crippen LogP contribution in [0.1, 0.15) is 58.9 Å². The SMILES string of the molecule is CCCCB(CCCC)N=C(c1ccccc1)C(C)C. The maximum absolute atomic E-state index is 5.14. The summed E-state index contributed by atoms with van der Waals surface area (Å²) in [6, 6.07) is 10.7. The topological polar surface area (TPSA) is 12.4 Å². The number of hydrogen-bond donors (Lipinski definition) is 0. The molecule has 0 aliphatic heterocycles. The van der Waals surface area contributed by atoms with E-state index in [9.17, 15) is 0 Å². The fourth-order valence-corrected chi connectivity index (χ4v) is 2.52. The Hall–Kier alpha value is -1.05. The van der Waals surface area contributed by atoms with Gasteiger partial charge in [0.2, 0.25) is 0 Å². The number of unbranched alkanes of at least 4 members (excludes halogenated alkanes) is 2. The van der Waals surface area contributed by atoms with Crippen molar-refractivity contribution >= 4 is 12.6 Å². The van der Waals surface area contributed by atoms with Crippen molar-refractivity contribution in [2.45, 2.75) is 66.0 Å². The van der Waals surface area contributed by atoms with Crippen LogP contribution in [-0.2, 0) is 0 Å². The summed E-state index contributed by atoms with van der Waals surface area (Å²) < 4.78 is 0. The van der Waals surface area contributed by atoms with Gasteiger partial charge in [-0.15, -0.1) is 0 Å².